The minimum atomic E-state index is 0.658. The number of hydrogen-bond donors (Lipinski definition) is 1. The molecule has 0 aliphatic heterocycles. The Bertz CT molecular complexity index is 301. The summed E-state index contributed by atoms with van der Waals surface area (Å²) >= 11 is 0. The number of hydrogen-bond acceptors (Lipinski definition) is 3. The van der Waals surface area contributed by atoms with Crippen molar-refractivity contribution in [2.24, 2.45) is 0 Å². The van der Waals surface area contributed by atoms with Crippen LogP contribution in [0.4, 0.5) is 5.69 Å². The summed E-state index contributed by atoms with van der Waals surface area (Å²) in [5, 5.41) is 11.9. The van der Waals surface area contributed by atoms with E-state index in [1.54, 1.807) is 18.5 Å². The van der Waals surface area contributed by atoms with Gasteiger partial charge in [-0.3, -0.25) is 4.98 Å². The largest absolute Gasteiger partial charge is 0.383 e. The van der Waals surface area contributed by atoms with Crippen LogP contribution in [-0.2, 0) is 0 Å². The highest BCUT2D eigenvalue weighted by atomic mass is 14.9. The molecule has 0 spiro atoms. The molecule has 0 fully saturated rings. The third-order valence-corrected chi connectivity index (χ3v) is 1.79. The van der Waals surface area contributed by atoms with E-state index in [9.17, 15) is 0 Å². The number of unbranched alkanes of at least 4 members (excludes halogenated alkanes) is 1. The molecule has 0 aromatic carbocycles. The minimum absolute atomic E-state index is 0.658. The van der Waals surface area contributed by atoms with Crippen molar-refractivity contribution in [2.75, 3.05) is 11.9 Å². The molecular formula is C10H13N3. The number of rotatable bonds is 4. The van der Waals surface area contributed by atoms with Gasteiger partial charge in [0, 0.05) is 12.7 Å². The first kappa shape index (κ1) is 9.53. The lowest BCUT2D eigenvalue weighted by Gasteiger charge is -2.05. The second kappa shape index (κ2) is 5.15. The first-order chi connectivity index (χ1) is 6.38. The van der Waals surface area contributed by atoms with Crippen LogP contribution in [0.25, 0.3) is 0 Å². The molecule has 0 saturated heterocycles. The van der Waals surface area contributed by atoms with Crippen molar-refractivity contribution in [1.29, 1.82) is 5.26 Å². The van der Waals surface area contributed by atoms with Gasteiger partial charge < -0.3 is 5.32 Å². The summed E-state index contributed by atoms with van der Waals surface area (Å²) in [5.41, 5.74) is 1.49. The highest BCUT2D eigenvalue weighted by molar-refractivity contribution is 5.55. The number of nitrogens with one attached hydrogen (secondary N) is 1. The number of nitrogens with zero attached hydrogens (tertiary/aromatic N) is 2. The number of anilines is 1. The van der Waals surface area contributed by atoms with Gasteiger partial charge in [-0.1, -0.05) is 13.3 Å². The van der Waals surface area contributed by atoms with Crippen molar-refractivity contribution in [3.63, 3.8) is 0 Å². The number of nitriles is 1. The zero-order valence-corrected chi connectivity index (χ0v) is 7.75. The highest BCUT2D eigenvalue weighted by Gasteiger charge is 1.98. The van der Waals surface area contributed by atoms with E-state index in [0.717, 1.165) is 25.1 Å². The molecule has 3 nitrogen and oxygen atoms in total. The molecule has 0 unspecified atom stereocenters. The standard InChI is InChI=1S/C10H13N3/c1-2-3-5-13-10-8-12-6-4-9(10)7-11/h4,6,8,13H,2-3,5H2,1H3. The molecule has 1 aromatic rings. The maximum absolute atomic E-state index is 8.76. The minimum Gasteiger partial charge on any atom is -0.383 e. The van der Waals surface area contributed by atoms with E-state index in [4.69, 9.17) is 5.26 Å². The van der Waals surface area contributed by atoms with E-state index in [1.807, 2.05) is 0 Å². The Balaban J connectivity index is 2.60. The first-order valence-electron chi connectivity index (χ1n) is 4.46. The van der Waals surface area contributed by atoms with Gasteiger partial charge in [0.1, 0.15) is 6.07 Å². The smallest absolute Gasteiger partial charge is 0.101 e. The third-order valence-electron chi connectivity index (χ3n) is 1.79. The summed E-state index contributed by atoms with van der Waals surface area (Å²) in [6.45, 7) is 3.03. The van der Waals surface area contributed by atoms with Crippen molar-refractivity contribution in [3.05, 3.63) is 24.0 Å². The Hall–Kier alpha value is -1.56. The molecule has 1 rings (SSSR count). The molecule has 0 saturated carbocycles. The van der Waals surface area contributed by atoms with Crippen LogP contribution in [0.1, 0.15) is 25.3 Å². The summed E-state index contributed by atoms with van der Waals surface area (Å²) in [4.78, 5) is 3.96. The Morgan fingerprint density at radius 3 is 3.15 bits per heavy atom. The maximum atomic E-state index is 8.76. The second-order valence-corrected chi connectivity index (χ2v) is 2.81. The topological polar surface area (TPSA) is 48.7 Å². The first-order valence-corrected chi connectivity index (χ1v) is 4.46. The predicted octanol–water partition coefficient (Wildman–Crippen LogP) is 2.17. The van der Waals surface area contributed by atoms with Gasteiger partial charge in [-0.15, -0.1) is 0 Å². The molecule has 0 aliphatic carbocycles. The van der Waals surface area contributed by atoms with E-state index in [0.29, 0.717) is 5.56 Å². The van der Waals surface area contributed by atoms with Crippen LogP contribution in [0.2, 0.25) is 0 Å². The Labute approximate surface area is 78.4 Å². The molecule has 1 heterocycles. The zero-order valence-electron chi connectivity index (χ0n) is 7.75. The van der Waals surface area contributed by atoms with Gasteiger partial charge in [0.15, 0.2) is 0 Å². The Kier molecular flexibility index (Phi) is 3.77. The molecule has 0 bridgehead atoms. The lowest BCUT2D eigenvalue weighted by Crippen LogP contribution is -2.02. The fraction of sp³-hybridized carbons (Fsp3) is 0.400. The molecule has 68 valence electrons. The molecule has 1 aromatic heterocycles. The average molecular weight is 175 g/mol. The van der Waals surface area contributed by atoms with Crippen LogP contribution in [-0.4, -0.2) is 11.5 Å². The lowest BCUT2D eigenvalue weighted by molar-refractivity contribution is 0.833. The van der Waals surface area contributed by atoms with Gasteiger partial charge in [-0.25, -0.2) is 0 Å². The number of pyridine rings is 1. The van der Waals surface area contributed by atoms with E-state index < -0.39 is 0 Å². The highest BCUT2D eigenvalue weighted by Crippen LogP contribution is 2.11. The molecular weight excluding hydrogens is 162 g/mol. The fourth-order valence-electron chi connectivity index (χ4n) is 1.03. The van der Waals surface area contributed by atoms with Crippen molar-refractivity contribution in [1.82, 2.24) is 4.98 Å². The molecule has 0 amide bonds. The van der Waals surface area contributed by atoms with Crippen molar-refractivity contribution >= 4 is 5.69 Å². The zero-order chi connectivity index (χ0) is 9.52. The molecule has 3 heteroatoms. The molecule has 0 radical (unpaired) electrons. The SMILES string of the molecule is CCCCNc1cnccc1C#N. The predicted molar refractivity (Wildman–Crippen MR) is 52.3 cm³/mol. The van der Waals surface area contributed by atoms with Crippen LogP contribution < -0.4 is 5.32 Å². The summed E-state index contributed by atoms with van der Waals surface area (Å²) in [6.07, 6.45) is 5.58. The van der Waals surface area contributed by atoms with Crippen LogP contribution in [0.15, 0.2) is 18.5 Å². The Morgan fingerprint density at radius 2 is 2.46 bits per heavy atom. The quantitative estimate of drug-likeness (QED) is 0.713. The van der Waals surface area contributed by atoms with Gasteiger partial charge in [-0.2, -0.15) is 5.26 Å². The normalized spacial score (nSPS) is 9.23. The van der Waals surface area contributed by atoms with Crippen LogP contribution in [0.3, 0.4) is 0 Å². The number of aromatic nitrogens is 1. The van der Waals surface area contributed by atoms with Crippen LogP contribution in [0, 0.1) is 11.3 Å². The van der Waals surface area contributed by atoms with Gasteiger partial charge in [0.2, 0.25) is 0 Å². The van der Waals surface area contributed by atoms with Gasteiger partial charge in [-0.05, 0) is 12.5 Å². The summed E-state index contributed by atoms with van der Waals surface area (Å²) in [7, 11) is 0. The molecule has 0 aliphatic rings. The summed E-state index contributed by atoms with van der Waals surface area (Å²) < 4.78 is 0. The van der Waals surface area contributed by atoms with Crippen LogP contribution >= 0.6 is 0 Å². The van der Waals surface area contributed by atoms with Gasteiger partial charge in [0.25, 0.3) is 0 Å². The van der Waals surface area contributed by atoms with E-state index in [-0.39, 0.29) is 0 Å². The van der Waals surface area contributed by atoms with Crippen molar-refractivity contribution in [2.45, 2.75) is 19.8 Å². The van der Waals surface area contributed by atoms with Crippen molar-refractivity contribution in [3.8, 4) is 6.07 Å². The third kappa shape index (κ3) is 2.75. The van der Waals surface area contributed by atoms with E-state index in [1.165, 1.54) is 0 Å². The second-order valence-electron chi connectivity index (χ2n) is 2.81. The average Bonchev–Trinajstić information content (AvgIpc) is 2.19. The maximum Gasteiger partial charge on any atom is 0.101 e. The molecule has 1 N–H and O–H groups in total. The van der Waals surface area contributed by atoms with Crippen molar-refractivity contribution < 1.29 is 0 Å². The van der Waals surface area contributed by atoms with E-state index >= 15 is 0 Å². The van der Waals surface area contributed by atoms with Gasteiger partial charge >= 0.3 is 0 Å². The monoisotopic (exact) mass is 175 g/mol. The van der Waals surface area contributed by atoms with E-state index in [2.05, 4.69) is 23.3 Å². The van der Waals surface area contributed by atoms with Crippen LogP contribution in [0.5, 0.6) is 0 Å². The summed E-state index contributed by atoms with van der Waals surface area (Å²) in [5.74, 6) is 0. The lowest BCUT2D eigenvalue weighted by atomic mass is 10.2. The summed E-state index contributed by atoms with van der Waals surface area (Å²) in [6, 6.07) is 3.84. The fourth-order valence-corrected chi connectivity index (χ4v) is 1.03. The Morgan fingerprint density at radius 1 is 1.62 bits per heavy atom. The molecule has 0 atom stereocenters. The van der Waals surface area contributed by atoms with Gasteiger partial charge in [0.05, 0.1) is 17.4 Å². The molecule has 13 heavy (non-hydrogen) atoms.